The van der Waals surface area contributed by atoms with E-state index in [0.717, 1.165) is 26.2 Å². The van der Waals surface area contributed by atoms with Crippen molar-refractivity contribution >= 4 is 11.6 Å². The summed E-state index contributed by atoms with van der Waals surface area (Å²) in [5, 5.41) is 3.10. The fraction of sp³-hybridized carbons (Fsp3) is 0.500. The highest BCUT2D eigenvalue weighted by Crippen LogP contribution is 2.31. The van der Waals surface area contributed by atoms with Gasteiger partial charge in [0.1, 0.15) is 0 Å². The minimum Gasteiger partial charge on any atom is -0.491 e. The van der Waals surface area contributed by atoms with Crippen molar-refractivity contribution in [1.82, 2.24) is 10.2 Å². The Morgan fingerprint density at radius 3 is 2.61 bits per heavy atom. The van der Waals surface area contributed by atoms with Gasteiger partial charge in [-0.3, -0.25) is 4.90 Å². The molecule has 0 aromatic heterocycles. The van der Waals surface area contributed by atoms with Crippen LogP contribution in [0.2, 0.25) is 5.02 Å². The molecular formula is C12H15ClF2N2O. The smallest absolute Gasteiger partial charge is 0.192 e. The van der Waals surface area contributed by atoms with Crippen LogP contribution in [0.5, 0.6) is 5.75 Å². The molecule has 2 rings (SSSR count). The van der Waals surface area contributed by atoms with Gasteiger partial charge in [0.15, 0.2) is 17.4 Å². The van der Waals surface area contributed by atoms with E-state index in [4.69, 9.17) is 16.3 Å². The average molecular weight is 277 g/mol. The number of hydrogen-bond acceptors (Lipinski definition) is 3. The maximum Gasteiger partial charge on any atom is 0.192 e. The van der Waals surface area contributed by atoms with E-state index < -0.39 is 17.4 Å². The molecule has 1 saturated heterocycles. The lowest BCUT2D eigenvalue weighted by atomic mass is 10.1. The van der Waals surface area contributed by atoms with Gasteiger partial charge >= 0.3 is 0 Å². The van der Waals surface area contributed by atoms with E-state index in [1.807, 2.05) is 0 Å². The summed E-state index contributed by atoms with van der Waals surface area (Å²) < 4.78 is 32.2. The monoisotopic (exact) mass is 276 g/mol. The Morgan fingerprint density at radius 1 is 1.33 bits per heavy atom. The van der Waals surface area contributed by atoms with Gasteiger partial charge in [-0.1, -0.05) is 11.6 Å². The third-order valence-electron chi connectivity index (χ3n) is 3.00. The summed E-state index contributed by atoms with van der Waals surface area (Å²) in [6, 6.07) is 1.33. The molecule has 6 heteroatoms. The summed E-state index contributed by atoms with van der Waals surface area (Å²) in [5.74, 6) is -1.92. The zero-order valence-electron chi connectivity index (χ0n) is 10.1. The summed E-state index contributed by atoms with van der Waals surface area (Å²) in [5.41, 5.74) is 0.361. The number of ether oxygens (including phenoxy) is 1. The highest BCUT2D eigenvalue weighted by atomic mass is 35.5. The second kappa shape index (κ2) is 5.82. The van der Waals surface area contributed by atoms with Crippen molar-refractivity contribution in [3.8, 4) is 5.75 Å². The van der Waals surface area contributed by atoms with Crippen LogP contribution < -0.4 is 10.1 Å². The SMILES string of the molecule is COc1c(F)c(Cl)cc(CN2CCNCC2)c1F. The van der Waals surface area contributed by atoms with E-state index in [2.05, 4.69) is 10.2 Å². The molecule has 0 aliphatic carbocycles. The number of halogens is 3. The summed E-state index contributed by atoms with van der Waals surface area (Å²) in [7, 11) is 1.23. The van der Waals surface area contributed by atoms with E-state index in [9.17, 15) is 8.78 Å². The average Bonchev–Trinajstić information content (AvgIpc) is 2.38. The fourth-order valence-corrected chi connectivity index (χ4v) is 2.25. The lowest BCUT2D eigenvalue weighted by Crippen LogP contribution is -2.43. The fourth-order valence-electron chi connectivity index (χ4n) is 2.03. The second-order valence-corrected chi connectivity index (χ2v) is 4.61. The Hall–Kier alpha value is -0.910. The van der Waals surface area contributed by atoms with E-state index >= 15 is 0 Å². The molecule has 0 radical (unpaired) electrons. The Labute approximate surface area is 110 Å². The number of nitrogens with zero attached hydrogens (tertiary/aromatic N) is 1. The molecule has 18 heavy (non-hydrogen) atoms. The van der Waals surface area contributed by atoms with Crippen LogP contribution in [0.15, 0.2) is 6.07 Å². The predicted molar refractivity (Wildman–Crippen MR) is 66.1 cm³/mol. The minimum atomic E-state index is -0.847. The van der Waals surface area contributed by atoms with Gasteiger partial charge < -0.3 is 10.1 Å². The predicted octanol–water partition coefficient (Wildman–Crippen LogP) is 2.03. The number of methoxy groups -OCH3 is 1. The number of rotatable bonds is 3. The third-order valence-corrected chi connectivity index (χ3v) is 3.27. The van der Waals surface area contributed by atoms with E-state index in [1.54, 1.807) is 0 Å². The van der Waals surface area contributed by atoms with Crippen molar-refractivity contribution in [3.63, 3.8) is 0 Å². The van der Waals surface area contributed by atoms with E-state index in [1.165, 1.54) is 13.2 Å². The lowest BCUT2D eigenvalue weighted by molar-refractivity contribution is 0.229. The molecule has 1 aliphatic rings. The van der Waals surface area contributed by atoms with Crippen LogP contribution in [0.3, 0.4) is 0 Å². The molecular weight excluding hydrogens is 262 g/mol. The van der Waals surface area contributed by atoms with Gasteiger partial charge in [-0.2, -0.15) is 0 Å². The van der Waals surface area contributed by atoms with Gasteiger partial charge in [-0.05, 0) is 6.07 Å². The van der Waals surface area contributed by atoms with Crippen molar-refractivity contribution in [2.24, 2.45) is 0 Å². The van der Waals surface area contributed by atoms with Crippen LogP contribution >= 0.6 is 11.6 Å². The first kappa shape index (κ1) is 13.5. The molecule has 1 N–H and O–H groups in total. The van der Waals surface area contributed by atoms with Crippen LogP contribution in [-0.4, -0.2) is 38.2 Å². The maximum absolute atomic E-state index is 14.0. The van der Waals surface area contributed by atoms with E-state index in [0.29, 0.717) is 12.1 Å². The third kappa shape index (κ3) is 2.74. The molecule has 1 aromatic rings. The van der Waals surface area contributed by atoms with Crippen molar-refractivity contribution in [2.75, 3.05) is 33.3 Å². The normalized spacial score (nSPS) is 16.9. The lowest BCUT2D eigenvalue weighted by Gasteiger charge is -2.27. The van der Waals surface area contributed by atoms with Crippen molar-refractivity contribution in [3.05, 3.63) is 28.3 Å². The Balaban J connectivity index is 2.24. The minimum absolute atomic E-state index is 0.113. The first-order chi connectivity index (χ1) is 8.63. The molecule has 1 aromatic carbocycles. The number of hydrogen-bond donors (Lipinski definition) is 1. The highest BCUT2D eigenvalue weighted by Gasteiger charge is 2.20. The molecule has 0 saturated carbocycles. The molecule has 1 heterocycles. The molecule has 0 bridgehead atoms. The standard InChI is InChI=1S/C12H15ClF2N2O/c1-18-12-10(14)8(6-9(13)11(12)15)7-17-4-2-16-3-5-17/h6,16H,2-5,7H2,1H3. The summed E-state index contributed by atoms with van der Waals surface area (Å²) in [4.78, 5) is 2.09. The summed E-state index contributed by atoms with van der Waals surface area (Å²) >= 11 is 5.73. The van der Waals surface area contributed by atoms with Crippen LogP contribution in [0.25, 0.3) is 0 Å². The maximum atomic E-state index is 14.0. The first-order valence-corrected chi connectivity index (χ1v) is 6.14. The quantitative estimate of drug-likeness (QED) is 0.855. The Morgan fingerprint density at radius 2 is 2.00 bits per heavy atom. The largest absolute Gasteiger partial charge is 0.491 e. The Bertz CT molecular complexity index is 437. The number of nitrogens with one attached hydrogen (secondary N) is 1. The van der Waals surface area contributed by atoms with Crippen LogP contribution in [0.1, 0.15) is 5.56 Å². The van der Waals surface area contributed by atoms with Gasteiger partial charge in [0, 0.05) is 38.3 Å². The Kier molecular flexibility index (Phi) is 4.37. The number of piperazine rings is 1. The molecule has 1 fully saturated rings. The van der Waals surface area contributed by atoms with Crippen molar-refractivity contribution in [1.29, 1.82) is 0 Å². The van der Waals surface area contributed by atoms with E-state index in [-0.39, 0.29) is 5.02 Å². The molecule has 0 amide bonds. The van der Waals surface area contributed by atoms with Gasteiger partial charge in [-0.15, -0.1) is 0 Å². The zero-order chi connectivity index (χ0) is 13.1. The van der Waals surface area contributed by atoms with Crippen LogP contribution in [0, 0.1) is 11.6 Å². The molecule has 0 spiro atoms. The van der Waals surface area contributed by atoms with Crippen molar-refractivity contribution in [2.45, 2.75) is 6.54 Å². The molecule has 0 atom stereocenters. The van der Waals surface area contributed by atoms with Crippen molar-refractivity contribution < 1.29 is 13.5 Å². The topological polar surface area (TPSA) is 24.5 Å². The van der Waals surface area contributed by atoms with Gasteiger partial charge in [0.25, 0.3) is 0 Å². The molecule has 1 aliphatic heterocycles. The first-order valence-electron chi connectivity index (χ1n) is 5.77. The van der Waals surface area contributed by atoms with Crippen LogP contribution in [-0.2, 0) is 6.54 Å². The van der Waals surface area contributed by atoms with Gasteiger partial charge in [0.05, 0.1) is 12.1 Å². The second-order valence-electron chi connectivity index (χ2n) is 4.20. The van der Waals surface area contributed by atoms with Gasteiger partial charge in [-0.25, -0.2) is 8.78 Å². The molecule has 0 unspecified atom stereocenters. The van der Waals surface area contributed by atoms with Crippen LogP contribution in [0.4, 0.5) is 8.78 Å². The number of benzene rings is 1. The molecule has 100 valence electrons. The highest BCUT2D eigenvalue weighted by molar-refractivity contribution is 6.31. The molecule has 3 nitrogen and oxygen atoms in total. The van der Waals surface area contributed by atoms with Gasteiger partial charge in [0.2, 0.25) is 0 Å². The zero-order valence-corrected chi connectivity index (χ0v) is 10.9. The summed E-state index contributed by atoms with van der Waals surface area (Å²) in [6.07, 6.45) is 0. The summed E-state index contributed by atoms with van der Waals surface area (Å²) in [6.45, 7) is 3.80.